The summed E-state index contributed by atoms with van der Waals surface area (Å²) in [7, 11) is 0. The molecule has 0 aliphatic rings. The van der Waals surface area contributed by atoms with E-state index >= 15 is 0 Å². The van der Waals surface area contributed by atoms with E-state index in [1.54, 1.807) is 30.5 Å². The summed E-state index contributed by atoms with van der Waals surface area (Å²) in [6.07, 6.45) is 0.626. The number of carbonyl (C=O) groups is 1. The van der Waals surface area contributed by atoms with Crippen LogP contribution in [0.15, 0.2) is 36.5 Å². The zero-order valence-corrected chi connectivity index (χ0v) is 11.6. The molecule has 2 aromatic rings. The zero-order valence-electron chi connectivity index (χ0n) is 10.8. The van der Waals surface area contributed by atoms with Crippen molar-refractivity contribution in [3.05, 3.63) is 52.0 Å². The van der Waals surface area contributed by atoms with Gasteiger partial charge in [0.1, 0.15) is 5.01 Å². The first kappa shape index (κ1) is 13.7. The van der Waals surface area contributed by atoms with Gasteiger partial charge in [0.15, 0.2) is 6.10 Å². The van der Waals surface area contributed by atoms with Crippen LogP contribution in [0, 0.1) is 6.92 Å². The van der Waals surface area contributed by atoms with Crippen LogP contribution in [-0.4, -0.2) is 16.0 Å². The minimum absolute atomic E-state index is 0.204. The van der Waals surface area contributed by atoms with Crippen LogP contribution < -0.4 is 5.32 Å². The van der Waals surface area contributed by atoms with Gasteiger partial charge in [-0.15, -0.1) is 11.3 Å². The average Bonchev–Trinajstić information content (AvgIpc) is 2.85. The molecule has 2 rings (SSSR count). The van der Waals surface area contributed by atoms with E-state index in [0.717, 1.165) is 9.88 Å². The van der Waals surface area contributed by atoms with Crippen LogP contribution in [0.4, 0.5) is 0 Å². The molecule has 100 valence electrons. The van der Waals surface area contributed by atoms with Crippen molar-refractivity contribution >= 4 is 17.2 Å². The first-order chi connectivity index (χ1) is 9.08. The number of aryl methyl sites for hydroxylation is 1. The second kappa shape index (κ2) is 5.95. The number of aromatic nitrogens is 1. The molecule has 2 atom stereocenters. The van der Waals surface area contributed by atoms with Gasteiger partial charge in [-0.2, -0.15) is 0 Å². The van der Waals surface area contributed by atoms with Crippen LogP contribution in [-0.2, 0) is 4.79 Å². The largest absolute Gasteiger partial charge is 0.378 e. The maximum Gasteiger partial charge on any atom is 0.254 e. The van der Waals surface area contributed by atoms with Gasteiger partial charge in [-0.3, -0.25) is 4.79 Å². The van der Waals surface area contributed by atoms with E-state index in [-0.39, 0.29) is 6.04 Å². The third kappa shape index (κ3) is 3.39. The predicted octanol–water partition coefficient (Wildman–Crippen LogP) is 2.36. The van der Waals surface area contributed by atoms with Crippen LogP contribution in [0.3, 0.4) is 0 Å². The number of hydrogen-bond acceptors (Lipinski definition) is 4. The Hall–Kier alpha value is -1.72. The van der Waals surface area contributed by atoms with Gasteiger partial charge in [-0.25, -0.2) is 4.98 Å². The van der Waals surface area contributed by atoms with Crippen molar-refractivity contribution in [2.24, 2.45) is 0 Å². The first-order valence-electron chi connectivity index (χ1n) is 6.03. The number of rotatable bonds is 4. The number of amides is 1. The molecular formula is C14H16N2O2S. The second-order valence-corrected chi connectivity index (χ2v) is 5.62. The maximum absolute atomic E-state index is 11.9. The molecule has 19 heavy (non-hydrogen) atoms. The summed E-state index contributed by atoms with van der Waals surface area (Å²) < 4.78 is 0. The number of nitrogens with one attached hydrogen (secondary N) is 1. The molecule has 0 spiro atoms. The quantitative estimate of drug-likeness (QED) is 0.901. The Balaban J connectivity index is 2.01. The molecular weight excluding hydrogens is 260 g/mol. The van der Waals surface area contributed by atoms with E-state index < -0.39 is 12.0 Å². The molecule has 1 aromatic heterocycles. The fourth-order valence-electron chi connectivity index (χ4n) is 1.71. The van der Waals surface area contributed by atoms with E-state index in [1.165, 1.54) is 11.3 Å². The fourth-order valence-corrected chi connectivity index (χ4v) is 2.49. The Morgan fingerprint density at radius 3 is 2.63 bits per heavy atom. The summed E-state index contributed by atoms with van der Waals surface area (Å²) in [5.74, 6) is -0.411. The number of carbonyl (C=O) groups excluding carboxylic acids is 1. The Morgan fingerprint density at radius 1 is 1.37 bits per heavy atom. The normalized spacial score (nSPS) is 13.8. The Bertz CT molecular complexity index is 554. The maximum atomic E-state index is 11.9. The SMILES string of the molecule is Cc1cnc(C(C)NC(=O)C(O)c2ccccc2)s1. The van der Waals surface area contributed by atoms with Gasteiger partial charge >= 0.3 is 0 Å². The van der Waals surface area contributed by atoms with E-state index in [4.69, 9.17) is 0 Å². The molecule has 0 radical (unpaired) electrons. The number of aliphatic hydroxyl groups is 1. The van der Waals surface area contributed by atoms with Gasteiger partial charge in [0, 0.05) is 11.1 Å². The van der Waals surface area contributed by atoms with Crippen LogP contribution in [0.2, 0.25) is 0 Å². The van der Waals surface area contributed by atoms with Crippen LogP contribution in [0.5, 0.6) is 0 Å². The summed E-state index contributed by atoms with van der Waals surface area (Å²) in [5.41, 5.74) is 0.586. The number of benzene rings is 1. The van der Waals surface area contributed by atoms with Crippen molar-refractivity contribution < 1.29 is 9.90 Å². The number of aliphatic hydroxyl groups excluding tert-OH is 1. The van der Waals surface area contributed by atoms with Crippen molar-refractivity contribution in [1.29, 1.82) is 0 Å². The molecule has 1 aromatic carbocycles. The van der Waals surface area contributed by atoms with Gasteiger partial charge in [0.25, 0.3) is 5.91 Å². The highest BCUT2D eigenvalue weighted by Crippen LogP contribution is 2.20. The van der Waals surface area contributed by atoms with Gasteiger partial charge < -0.3 is 10.4 Å². The standard InChI is InChI=1S/C14H16N2O2S/c1-9-8-15-14(19-9)10(2)16-13(18)12(17)11-6-4-3-5-7-11/h3-8,10,12,17H,1-2H3,(H,16,18). The average molecular weight is 276 g/mol. The lowest BCUT2D eigenvalue weighted by Gasteiger charge is -2.15. The summed E-state index contributed by atoms with van der Waals surface area (Å²) in [5, 5.41) is 13.6. The highest BCUT2D eigenvalue weighted by molar-refractivity contribution is 7.11. The zero-order chi connectivity index (χ0) is 13.8. The molecule has 2 unspecified atom stereocenters. The summed E-state index contributed by atoms with van der Waals surface area (Å²) >= 11 is 1.54. The molecule has 0 fully saturated rings. The highest BCUT2D eigenvalue weighted by Gasteiger charge is 2.20. The molecule has 0 bridgehead atoms. The van der Waals surface area contributed by atoms with Crippen molar-refractivity contribution in [3.63, 3.8) is 0 Å². The lowest BCUT2D eigenvalue weighted by Crippen LogP contribution is -2.31. The lowest BCUT2D eigenvalue weighted by atomic mass is 10.1. The van der Waals surface area contributed by atoms with Crippen molar-refractivity contribution in [1.82, 2.24) is 10.3 Å². The molecule has 1 heterocycles. The van der Waals surface area contributed by atoms with Crippen LogP contribution in [0.1, 0.15) is 34.5 Å². The van der Waals surface area contributed by atoms with Crippen LogP contribution >= 0.6 is 11.3 Å². The van der Waals surface area contributed by atoms with Gasteiger partial charge in [-0.1, -0.05) is 30.3 Å². The van der Waals surface area contributed by atoms with E-state index in [2.05, 4.69) is 10.3 Å². The lowest BCUT2D eigenvalue weighted by molar-refractivity contribution is -0.130. The summed E-state index contributed by atoms with van der Waals surface area (Å²) in [6, 6.07) is 8.67. The molecule has 5 heteroatoms. The van der Waals surface area contributed by atoms with E-state index in [0.29, 0.717) is 5.56 Å². The molecule has 0 saturated carbocycles. The first-order valence-corrected chi connectivity index (χ1v) is 6.85. The Morgan fingerprint density at radius 2 is 2.05 bits per heavy atom. The molecule has 0 saturated heterocycles. The van der Waals surface area contributed by atoms with Gasteiger partial charge in [0.2, 0.25) is 0 Å². The van der Waals surface area contributed by atoms with E-state index in [1.807, 2.05) is 19.9 Å². The van der Waals surface area contributed by atoms with E-state index in [9.17, 15) is 9.90 Å². The van der Waals surface area contributed by atoms with Crippen molar-refractivity contribution in [2.45, 2.75) is 26.0 Å². The molecule has 0 aliphatic heterocycles. The molecule has 2 N–H and O–H groups in total. The molecule has 1 amide bonds. The molecule has 0 aliphatic carbocycles. The van der Waals surface area contributed by atoms with Gasteiger partial charge in [-0.05, 0) is 19.4 Å². The minimum atomic E-state index is -1.15. The number of nitrogens with zero attached hydrogens (tertiary/aromatic N) is 1. The Labute approximate surface area is 116 Å². The minimum Gasteiger partial charge on any atom is -0.378 e. The predicted molar refractivity (Wildman–Crippen MR) is 74.8 cm³/mol. The number of thiazole rings is 1. The van der Waals surface area contributed by atoms with Gasteiger partial charge in [0.05, 0.1) is 6.04 Å². The van der Waals surface area contributed by atoms with Crippen molar-refractivity contribution in [2.75, 3.05) is 0 Å². The third-order valence-corrected chi connectivity index (χ3v) is 3.83. The number of hydrogen-bond donors (Lipinski definition) is 2. The second-order valence-electron chi connectivity index (χ2n) is 4.35. The smallest absolute Gasteiger partial charge is 0.254 e. The van der Waals surface area contributed by atoms with Crippen molar-refractivity contribution in [3.8, 4) is 0 Å². The Kier molecular flexibility index (Phi) is 4.29. The highest BCUT2D eigenvalue weighted by atomic mass is 32.1. The third-order valence-electron chi connectivity index (χ3n) is 2.73. The van der Waals surface area contributed by atoms with Crippen LogP contribution in [0.25, 0.3) is 0 Å². The fraction of sp³-hybridized carbons (Fsp3) is 0.286. The topological polar surface area (TPSA) is 62.2 Å². The monoisotopic (exact) mass is 276 g/mol. The summed E-state index contributed by atoms with van der Waals surface area (Å²) in [4.78, 5) is 17.3. The molecule has 4 nitrogen and oxygen atoms in total. The summed E-state index contributed by atoms with van der Waals surface area (Å²) in [6.45, 7) is 3.82.